The fraction of sp³-hybridized carbons (Fsp3) is 1.00. The van der Waals surface area contributed by atoms with Gasteiger partial charge in [-0.05, 0) is 84.1 Å². The van der Waals surface area contributed by atoms with Crippen LogP contribution >= 0.6 is 0 Å². The Kier molecular flexibility index (Phi) is 7.84. The monoisotopic (exact) mass is 337 g/mol. The van der Waals surface area contributed by atoms with Gasteiger partial charge in [-0.15, -0.1) is 0 Å². The van der Waals surface area contributed by atoms with Crippen LogP contribution in [0.25, 0.3) is 0 Å². The van der Waals surface area contributed by atoms with E-state index in [9.17, 15) is 5.11 Å². The number of aliphatic hydroxyl groups excluding tert-OH is 1. The van der Waals surface area contributed by atoms with Crippen LogP contribution in [0.15, 0.2) is 0 Å². The summed E-state index contributed by atoms with van der Waals surface area (Å²) in [7, 11) is 0. The zero-order valence-corrected chi connectivity index (χ0v) is 15.6. The van der Waals surface area contributed by atoms with Gasteiger partial charge in [0.05, 0.1) is 6.61 Å². The molecule has 0 spiro atoms. The smallest absolute Gasteiger partial charge is 0.0586 e. The summed E-state index contributed by atoms with van der Waals surface area (Å²) < 4.78 is 0. The average Bonchev–Trinajstić information content (AvgIpc) is 3.10. The Labute approximate surface area is 149 Å². The lowest BCUT2D eigenvalue weighted by Crippen LogP contribution is -2.47. The Balaban J connectivity index is 1.22. The van der Waals surface area contributed by atoms with E-state index in [0.29, 0.717) is 12.6 Å². The van der Waals surface area contributed by atoms with Gasteiger partial charge < -0.3 is 15.3 Å². The van der Waals surface area contributed by atoms with Crippen molar-refractivity contribution in [2.45, 2.75) is 88.8 Å². The van der Waals surface area contributed by atoms with Crippen LogP contribution in [-0.2, 0) is 0 Å². The summed E-state index contributed by atoms with van der Waals surface area (Å²) in [5.74, 6) is 0. The first-order valence-electron chi connectivity index (χ1n) is 10.7. The first-order chi connectivity index (χ1) is 11.9. The van der Waals surface area contributed by atoms with Crippen molar-refractivity contribution in [2.75, 3.05) is 39.3 Å². The number of aliphatic hydroxyl groups is 1. The number of hydrogen-bond acceptors (Lipinski definition) is 4. The van der Waals surface area contributed by atoms with Gasteiger partial charge in [-0.25, -0.2) is 0 Å². The number of nitrogens with zero attached hydrogens (tertiary/aromatic N) is 2. The second kappa shape index (κ2) is 10.1. The highest BCUT2D eigenvalue weighted by Crippen LogP contribution is 2.25. The minimum Gasteiger partial charge on any atom is -0.395 e. The third kappa shape index (κ3) is 5.42. The summed E-state index contributed by atoms with van der Waals surface area (Å²) in [6.45, 7) is 6.51. The van der Waals surface area contributed by atoms with Crippen LogP contribution in [0.3, 0.4) is 0 Å². The number of piperidine rings is 1. The Morgan fingerprint density at radius 3 is 2.38 bits per heavy atom. The Morgan fingerprint density at radius 2 is 1.62 bits per heavy atom. The van der Waals surface area contributed by atoms with Gasteiger partial charge in [0.25, 0.3) is 0 Å². The quantitative estimate of drug-likeness (QED) is 0.668. The van der Waals surface area contributed by atoms with Crippen LogP contribution in [-0.4, -0.2) is 72.4 Å². The molecule has 0 bridgehead atoms. The minimum absolute atomic E-state index is 0.345. The van der Waals surface area contributed by atoms with Gasteiger partial charge in [-0.1, -0.05) is 19.3 Å². The van der Waals surface area contributed by atoms with E-state index >= 15 is 0 Å². The molecule has 1 saturated carbocycles. The van der Waals surface area contributed by atoms with Crippen molar-refractivity contribution in [3.63, 3.8) is 0 Å². The fourth-order valence-electron chi connectivity index (χ4n) is 5.06. The zero-order chi connectivity index (χ0) is 16.6. The molecule has 4 nitrogen and oxygen atoms in total. The Bertz CT molecular complexity index is 338. The molecule has 2 saturated heterocycles. The van der Waals surface area contributed by atoms with Crippen molar-refractivity contribution in [3.8, 4) is 0 Å². The molecule has 2 N–H and O–H groups in total. The summed E-state index contributed by atoms with van der Waals surface area (Å²) >= 11 is 0. The van der Waals surface area contributed by atoms with E-state index in [1.165, 1.54) is 103 Å². The molecule has 0 aromatic rings. The largest absolute Gasteiger partial charge is 0.395 e. The molecule has 3 aliphatic rings. The molecule has 140 valence electrons. The predicted octanol–water partition coefficient (Wildman–Crippen LogP) is 2.61. The predicted molar refractivity (Wildman–Crippen MR) is 100 cm³/mol. The molecule has 24 heavy (non-hydrogen) atoms. The van der Waals surface area contributed by atoms with Crippen molar-refractivity contribution < 1.29 is 5.11 Å². The molecule has 0 radical (unpaired) electrons. The molecular weight excluding hydrogens is 298 g/mol. The van der Waals surface area contributed by atoms with Crippen LogP contribution in [0.1, 0.15) is 70.6 Å². The van der Waals surface area contributed by atoms with E-state index in [2.05, 4.69) is 15.1 Å². The van der Waals surface area contributed by atoms with E-state index in [1.807, 2.05) is 0 Å². The molecule has 3 fully saturated rings. The SMILES string of the molecule is OCC1CCCN1CCCCNC1CCN(C2CCCCC2)CC1. The van der Waals surface area contributed by atoms with Crippen LogP contribution in [0.4, 0.5) is 0 Å². The highest BCUT2D eigenvalue weighted by atomic mass is 16.3. The number of unbranched alkanes of at least 4 members (excludes halogenated alkanes) is 1. The van der Waals surface area contributed by atoms with Gasteiger partial charge in [-0.3, -0.25) is 4.90 Å². The summed E-state index contributed by atoms with van der Waals surface area (Å²) in [5, 5.41) is 13.2. The van der Waals surface area contributed by atoms with E-state index < -0.39 is 0 Å². The lowest BCUT2D eigenvalue weighted by molar-refractivity contribution is 0.115. The average molecular weight is 338 g/mol. The van der Waals surface area contributed by atoms with Crippen molar-refractivity contribution in [2.24, 2.45) is 0 Å². The molecule has 1 atom stereocenters. The van der Waals surface area contributed by atoms with Crippen molar-refractivity contribution >= 4 is 0 Å². The number of likely N-dealkylation sites (tertiary alicyclic amines) is 2. The maximum absolute atomic E-state index is 9.37. The lowest BCUT2D eigenvalue weighted by atomic mass is 9.92. The summed E-state index contributed by atoms with van der Waals surface area (Å²) in [4.78, 5) is 5.27. The molecule has 2 aliphatic heterocycles. The molecule has 1 aliphatic carbocycles. The normalized spacial score (nSPS) is 28.6. The summed E-state index contributed by atoms with van der Waals surface area (Å²) in [6, 6.07) is 2.10. The standard InChI is InChI=1S/C20H39N3O/c24-17-20-9-6-14-22(20)13-5-4-12-21-18-10-15-23(16-11-18)19-7-2-1-3-8-19/h18-21,24H,1-17H2. The molecular formula is C20H39N3O. The van der Waals surface area contributed by atoms with Gasteiger partial charge >= 0.3 is 0 Å². The molecule has 2 heterocycles. The van der Waals surface area contributed by atoms with Crippen LogP contribution in [0.5, 0.6) is 0 Å². The molecule has 1 unspecified atom stereocenters. The summed E-state index contributed by atoms with van der Waals surface area (Å²) in [5.41, 5.74) is 0. The minimum atomic E-state index is 0.345. The van der Waals surface area contributed by atoms with Crippen molar-refractivity contribution in [1.29, 1.82) is 0 Å². The van der Waals surface area contributed by atoms with E-state index in [4.69, 9.17) is 0 Å². The maximum Gasteiger partial charge on any atom is 0.0586 e. The highest BCUT2D eigenvalue weighted by Gasteiger charge is 2.26. The van der Waals surface area contributed by atoms with E-state index in [0.717, 1.165) is 12.1 Å². The maximum atomic E-state index is 9.37. The molecule has 0 aromatic heterocycles. The van der Waals surface area contributed by atoms with Crippen LogP contribution in [0, 0.1) is 0 Å². The second-order valence-electron chi connectivity index (χ2n) is 8.28. The van der Waals surface area contributed by atoms with Gasteiger partial charge in [0.2, 0.25) is 0 Å². The van der Waals surface area contributed by atoms with E-state index in [1.54, 1.807) is 0 Å². The van der Waals surface area contributed by atoms with Gasteiger partial charge in [0, 0.05) is 18.1 Å². The molecule has 4 heteroatoms. The van der Waals surface area contributed by atoms with E-state index in [-0.39, 0.29) is 0 Å². The lowest BCUT2D eigenvalue weighted by Gasteiger charge is -2.39. The highest BCUT2D eigenvalue weighted by molar-refractivity contribution is 4.83. The molecule has 3 rings (SSSR count). The first kappa shape index (κ1) is 18.6. The topological polar surface area (TPSA) is 38.7 Å². The van der Waals surface area contributed by atoms with Gasteiger partial charge in [0.1, 0.15) is 0 Å². The van der Waals surface area contributed by atoms with Crippen molar-refractivity contribution in [1.82, 2.24) is 15.1 Å². The fourth-order valence-corrected chi connectivity index (χ4v) is 5.06. The first-order valence-corrected chi connectivity index (χ1v) is 10.7. The van der Waals surface area contributed by atoms with Crippen LogP contribution in [0.2, 0.25) is 0 Å². The Morgan fingerprint density at radius 1 is 0.833 bits per heavy atom. The second-order valence-corrected chi connectivity index (χ2v) is 8.28. The van der Waals surface area contributed by atoms with Gasteiger partial charge in [-0.2, -0.15) is 0 Å². The Hall–Kier alpha value is -0.160. The number of hydrogen-bond donors (Lipinski definition) is 2. The molecule has 0 amide bonds. The summed E-state index contributed by atoms with van der Waals surface area (Å²) in [6.07, 6.45) is 15.0. The molecule has 0 aromatic carbocycles. The van der Waals surface area contributed by atoms with Crippen molar-refractivity contribution in [3.05, 3.63) is 0 Å². The van der Waals surface area contributed by atoms with Gasteiger partial charge in [0.15, 0.2) is 0 Å². The zero-order valence-electron chi connectivity index (χ0n) is 15.6. The number of rotatable bonds is 8. The third-order valence-electron chi connectivity index (χ3n) is 6.64. The van der Waals surface area contributed by atoms with Crippen LogP contribution < -0.4 is 5.32 Å². The number of nitrogens with one attached hydrogen (secondary N) is 1. The third-order valence-corrected chi connectivity index (χ3v) is 6.64.